The first-order valence-corrected chi connectivity index (χ1v) is 9.20. The van der Waals surface area contributed by atoms with Crippen LogP contribution in [0.2, 0.25) is 0 Å². The Kier molecular flexibility index (Phi) is 3.82. The van der Waals surface area contributed by atoms with E-state index in [1.807, 2.05) is 0 Å². The monoisotopic (exact) mass is 369 g/mol. The van der Waals surface area contributed by atoms with E-state index in [0.29, 0.717) is 12.5 Å². The summed E-state index contributed by atoms with van der Waals surface area (Å²) in [6.07, 6.45) is 1.87. The van der Waals surface area contributed by atoms with E-state index >= 15 is 0 Å². The molecule has 0 radical (unpaired) electrons. The Morgan fingerprint density at radius 3 is 2.33 bits per heavy atom. The zero-order valence-electron chi connectivity index (χ0n) is 15.8. The molecule has 142 valence electrons. The SMILES string of the molecule is COc1cc2c(c(OC)c1OC)[C@@H]1Cc3cc4c(cc3CN1CC2)OCO4. The molecule has 3 heterocycles. The first-order chi connectivity index (χ1) is 13.2. The molecule has 0 spiro atoms. The summed E-state index contributed by atoms with van der Waals surface area (Å²) in [5, 5.41) is 0. The van der Waals surface area contributed by atoms with Gasteiger partial charge in [-0.1, -0.05) is 0 Å². The lowest BCUT2D eigenvalue weighted by atomic mass is 9.83. The van der Waals surface area contributed by atoms with Gasteiger partial charge in [0.2, 0.25) is 12.5 Å². The minimum atomic E-state index is 0.247. The highest BCUT2D eigenvalue weighted by atomic mass is 16.7. The Morgan fingerprint density at radius 2 is 1.63 bits per heavy atom. The molecule has 0 bridgehead atoms. The first-order valence-electron chi connectivity index (χ1n) is 9.20. The maximum Gasteiger partial charge on any atom is 0.231 e. The van der Waals surface area contributed by atoms with E-state index in [9.17, 15) is 0 Å². The fourth-order valence-electron chi connectivity index (χ4n) is 4.61. The largest absolute Gasteiger partial charge is 0.493 e. The van der Waals surface area contributed by atoms with Gasteiger partial charge in [0.15, 0.2) is 23.0 Å². The maximum atomic E-state index is 5.81. The van der Waals surface area contributed by atoms with E-state index in [0.717, 1.165) is 48.9 Å². The van der Waals surface area contributed by atoms with E-state index in [1.54, 1.807) is 21.3 Å². The Labute approximate surface area is 158 Å². The molecule has 27 heavy (non-hydrogen) atoms. The predicted molar refractivity (Wildman–Crippen MR) is 99.2 cm³/mol. The molecular weight excluding hydrogens is 346 g/mol. The maximum absolute atomic E-state index is 5.81. The van der Waals surface area contributed by atoms with Gasteiger partial charge in [-0.3, -0.25) is 4.90 Å². The van der Waals surface area contributed by atoms with E-state index in [2.05, 4.69) is 23.1 Å². The lowest BCUT2D eigenvalue weighted by Crippen LogP contribution is -2.39. The summed E-state index contributed by atoms with van der Waals surface area (Å²) in [6, 6.07) is 6.62. The van der Waals surface area contributed by atoms with Crippen molar-refractivity contribution < 1.29 is 23.7 Å². The zero-order chi connectivity index (χ0) is 18.5. The molecule has 0 aromatic heterocycles. The summed E-state index contributed by atoms with van der Waals surface area (Å²) in [5.41, 5.74) is 5.11. The van der Waals surface area contributed by atoms with Gasteiger partial charge < -0.3 is 23.7 Å². The third-order valence-electron chi connectivity index (χ3n) is 5.88. The highest BCUT2D eigenvalue weighted by Crippen LogP contribution is 2.50. The van der Waals surface area contributed by atoms with Crippen LogP contribution in [-0.2, 0) is 19.4 Å². The van der Waals surface area contributed by atoms with Crippen LogP contribution >= 0.6 is 0 Å². The number of nitrogens with zero attached hydrogens (tertiary/aromatic N) is 1. The van der Waals surface area contributed by atoms with Crippen LogP contribution in [0.4, 0.5) is 0 Å². The number of hydrogen-bond acceptors (Lipinski definition) is 6. The Morgan fingerprint density at radius 1 is 0.889 bits per heavy atom. The Balaban J connectivity index is 1.62. The number of methoxy groups -OCH3 is 3. The molecule has 0 amide bonds. The second-order valence-electron chi connectivity index (χ2n) is 7.13. The van der Waals surface area contributed by atoms with Crippen molar-refractivity contribution in [3.05, 3.63) is 40.5 Å². The van der Waals surface area contributed by atoms with Gasteiger partial charge in [0.25, 0.3) is 0 Å². The predicted octanol–water partition coefficient (Wildman–Crippen LogP) is 3.10. The van der Waals surface area contributed by atoms with Crippen LogP contribution in [0, 0.1) is 0 Å². The summed E-state index contributed by atoms with van der Waals surface area (Å²) in [5.74, 6) is 3.87. The molecular formula is C21H23NO5. The van der Waals surface area contributed by atoms with Crippen molar-refractivity contribution in [2.45, 2.75) is 25.4 Å². The summed E-state index contributed by atoms with van der Waals surface area (Å²) in [4.78, 5) is 2.52. The molecule has 6 nitrogen and oxygen atoms in total. The molecule has 0 N–H and O–H groups in total. The molecule has 0 saturated carbocycles. The number of rotatable bonds is 3. The molecule has 6 heteroatoms. The lowest BCUT2D eigenvalue weighted by molar-refractivity contribution is 0.156. The van der Waals surface area contributed by atoms with Crippen LogP contribution in [0.3, 0.4) is 0 Å². The van der Waals surface area contributed by atoms with Crippen molar-refractivity contribution in [2.24, 2.45) is 0 Å². The summed E-state index contributed by atoms with van der Waals surface area (Å²) in [7, 11) is 5.02. The molecule has 0 unspecified atom stereocenters. The van der Waals surface area contributed by atoms with Crippen LogP contribution in [0.25, 0.3) is 0 Å². The van der Waals surface area contributed by atoms with Crippen molar-refractivity contribution in [3.8, 4) is 28.7 Å². The highest BCUT2D eigenvalue weighted by molar-refractivity contribution is 5.62. The lowest BCUT2D eigenvalue weighted by Gasteiger charge is -2.42. The van der Waals surface area contributed by atoms with E-state index in [-0.39, 0.29) is 6.04 Å². The average Bonchev–Trinajstić information content (AvgIpc) is 3.15. The van der Waals surface area contributed by atoms with Crippen LogP contribution in [0.5, 0.6) is 28.7 Å². The third-order valence-corrected chi connectivity index (χ3v) is 5.88. The second kappa shape index (κ2) is 6.23. The molecule has 5 rings (SSSR count). The fraction of sp³-hybridized carbons (Fsp3) is 0.429. The van der Waals surface area contributed by atoms with Crippen molar-refractivity contribution in [3.63, 3.8) is 0 Å². The van der Waals surface area contributed by atoms with Crippen molar-refractivity contribution in [1.29, 1.82) is 0 Å². The molecule has 1 atom stereocenters. The number of ether oxygens (including phenoxy) is 5. The van der Waals surface area contributed by atoms with Crippen molar-refractivity contribution in [2.75, 3.05) is 34.7 Å². The molecule has 2 aromatic rings. The fourth-order valence-corrected chi connectivity index (χ4v) is 4.61. The molecule has 0 saturated heterocycles. The minimum absolute atomic E-state index is 0.247. The number of benzene rings is 2. The number of hydrogen-bond donors (Lipinski definition) is 0. The second-order valence-corrected chi connectivity index (χ2v) is 7.13. The van der Waals surface area contributed by atoms with E-state index in [4.69, 9.17) is 23.7 Å². The molecule has 3 aliphatic heterocycles. The van der Waals surface area contributed by atoms with Gasteiger partial charge in [0, 0.05) is 24.7 Å². The zero-order valence-corrected chi connectivity index (χ0v) is 15.8. The Bertz CT molecular complexity index is 910. The van der Waals surface area contributed by atoms with Gasteiger partial charge in [0.05, 0.1) is 21.3 Å². The molecule has 0 fully saturated rings. The van der Waals surface area contributed by atoms with Crippen molar-refractivity contribution in [1.82, 2.24) is 4.90 Å². The van der Waals surface area contributed by atoms with Gasteiger partial charge in [0.1, 0.15) is 0 Å². The highest BCUT2D eigenvalue weighted by Gasteiger charge is 2.37. The first kappa shape index (κ1) is 16.6. The van der Waals surface area contributed by atoms with Gasteiger partial charge in [-0.15, -0.1) is 0 Å². The Hall–Kier alpha value is -2.60. The van der Waals surface area contributed by atoms with Gasteiger partial charge in [-0.2, -0.15) is 0 Å². The van der Waals surface area contributed by atoms with E-state index in [1.165, 1.54) is 22.3 Å². The normalized spacial score (nSPS) is 19.7. The topological polar surface area (TPSA) is 49.4 Å². The van der Waals surface area contributed by atoms with Gasteiger partial charge >= 0.3 is 0 Å². The van der Waals surface area contributed by atoms with Crippen molar-refractivity contribution >= 4 is 0 Å². The third kappa shape index (κ3) is 2.43. The quantitative estimate of drug-likeness (QED) is 0.829. The summed E-state index contributed by atoms with van der Waals surface area (Å²) < 4.78 is 28.1. The van der Waals surface area contributed by atoms with Gasteiger partial charge in [-0.25, -0.2) is 0 Å². The average molecular weight is 369 g/mol. The molecule has 3 aliphatic rings. The van der Waals surface area contributed by atoms with E-state index < -0.39 is 0 Å². The van der Waals surface area contributed by atoms with Crippen LogP contribution in [0.15, 0.2) is 18.2 Å². The van der Waals surface area contributed by atoms with Crippen LogP contribution in [0.1, 0.15) is 28.3 Å². The molecule has 2 aromatic carbocycles. The molecule has 0 aliphatic carbocycles. The minimum Gasteiger partial charge on any atom is -0.493 e. The smallest absolute Gasteiger partial charge is 0.231 e. The van der Waals surface area contributed by atoms with Crippen LogP contribution in [-0.4, -0.2) is 39.6 Å². The summed E-state index contributed by atoms with van der Waals surface area (Å²) >= 11 is 0. The van der Waals surface area contributed by atoms with Crippen LogP contribution < -0.4 is 23.7 Å². The number of fused-ring (bicyclic) bond motifs is 5. The standard InChI is InChI=1S/C21H23NO5/c1-23-18-7-12-4-5-22-10-14-9-17-16(26-11-27-17)8-13(14)6-15(22)19(12)21(25-3)20(18)24-2/h7-9,15H,4-6,10-11H2,1-3H3/t15-/m0/s1. The summed E-state index contributed by atoms with van der Waals surface area (Å²) in [6.45, 7) is 2.21. The van der Waals surface area contributed by atoms with Gasteiger partial charge in [-0.05, 0) is 47.7 Å².